The van der Waals surface area contributed by atoms with Gasteiger partial charge in [0, 0.05) is 5.56 Å². The van der Waals surface area contributed by atoms with E-state index < -0.39 is 10.0 Å². The largest absolute Gasteiger partial charge is 0.316 e. The number of hydrogen-bond acceptors (Lipinski definition) is 4. The van der Waals surface area contributed by atoms with Gasteiger partial charge in [-0.2, -0.15) is 18.3 Å². The maximum absolute atomic E-state index is 11.7. The molecule has 16 heavy (non-hydrogen) atoms. The topological polar surface area (TPSA) is 78.8 Å². The molecule has 0 fully saturated rings. The van der Waals surface area contributed by atoms with Gasteiger partial charge in [0.15, 0.2) is 0 Å². The lowest BCUT2D eigenvalue weighted by Crippen LogP contribution is -2.21. The summed E-state index contributed by atoms with van der Waals surface area (Å²) in [4.78, 5) is 0.213. The molecule has 0 radical (unpaired) electrons. The van der Waals surface area contributed by atoms with E-state index in [0.29, 0.717) is 11.3 Å². The molecule has 1 aromatic carbocycles. The molecular weight excluding hydrogens is 228 g/mol. The van der Waals surface area contributed by atoms with Gasteiger partial charge >= 0.3 is 0 Å². The Hall–Kier alpha value is -1.50. The minimum absolute atomic E-state index is 0.213. The molecule has 2 N–H and O–H groups in total. The van der Waals surface area contributed by atoms with E-state index in [1.807, 2.05) is 0 Å². The smallest absolute Gasteiger partial charge is 0.283 e. The maximum atomic E-state index is 11.7. The Labute approximate surface area is 92.1 Å². The van der Waals surface area contributed by atoms with E-state index in [1.165, 1.54) is 6.07 Å². The average Bonchev–Trinajstić information content (AvgIpc) is 2.53. The number of hydrogen-bond donors (Lipinski definition) is 2. The molecule has 1 atom stereocenters. The van der Waals surface area contributed by atoms with E-state index in [2.05, 4.69) is 9.88 Å². The lowest BCUT2D eigenvalue weighted by atomic mass is 9.92. The third kappa shape index (κ3) is 1.12. The third-order valence-electron chi connectivity index (χ3n) is 2.73. The molecule has 1 aliphatic heterocycles. The Morgan fingerprint density at radius 3 is 2.94 bits per heavy atom. The van der Waals surface area contributed by atoms with Gasteiger partial charge < -0.3 is 5.21 Å². The second-order valence-electron chi connectivity index (χ2n) is 3.64. The monoisotopic (exact) mass is 236 g/mol. The van der Waals surface area contributed by atoms with E-state index in [0.717, 1.165) is 5.56 Å². The van der Waals surface area contributed by atoms with Gasteiger partial charge in [0.05, 0.1) is 16.6 Å². The molecule has 0 saturated carbocycles. The van der Waals surface area contributed by atoms with E-state index in [-0.39, 0.29) is 10.9 Å². The molecule has 5 nitrogen and oxygen atoms in total. The molecule has 0 bridgehead atoms. The van der Waals surface area contributed by atoms with E-state index >= 15 is 0 Å². The van der Waals surface area contributed by atoms with Crippen LogP contribution in [0.25, 0.3) is 0 Å². The fraction of sp³-hybridized carbons (Fsp3) is 0.100. The quantitative estimate of drug-likeness (QED) is 0.706. The van der Waals surface area contributed by atoms with Crippen LogP contribution in [0.15, 0.2) is 39.6 Å². The number of sulfonamides is 1. The summed E-state index contributed by atoms with van der Waals surface area (Å²) in [6, 6.07) is 4.56. The van der Waals surface area contributed by atoms with E-state index in [1.54, 1.807) is 24.3 Å². The van der Waals surface area contributed by atoms with Crippen LogP contribution in [0.2, 0.25) is 0 Å². The Morgan fingerprint density at radius 1 is 1.38 bits per heavy atom. The van der Waals surface area contributed by atoms with Gasteiger partial charge in [-0.3, -0.25) is 0 Å². The van der Waals surface area contributed by atoms with Crippen molar-refractivity contribution in [3.05, 3.63) is 41.5 Å². The van der Waals surface area contributed by atoms with Gasteiger partial charge in [0.25, 0.3) is 10.0 Å². The van der Waals surface area contributed by atoms with Crippen molar-refractivity contribution in [1.82, 2.24) is 5.48 Å². The predicted octanol–water partition coefficient (Wildman–Crippen LogP) is 0.768. The van der Waals surface area contributed by atoms with Crippen LogP contribution < -0.4 is 5.48 Å². The number of allylic oxidation sites excluding steroid dienone is 1. The highest BCUT2D eigenvalue weighted by molar-refractivity contribution is 7.90. The first-order valence-electron chi connectivity index (χ1n) is 4.69. The van der Waals surface area contributed by atoms with Crippen molar-refractivity contribution in [1.29, 1.82) is 0 Å². The van der Waals surface area contributed by atoms with Crippen LogP contribution in [0.5, 0.6) is 0 Å². The summed E-state index contributed by atoms with van der Waals surface area (Å²) in [5, 5.41) is 8.97. The molecule has 0 spiro atoms. The van der Waals surface area contributed by atoms with Crippen molar-refractivity contribution in [3.8, 4) is 0 Å². The minimum Gasteiger partial charge on any atom is -0.316 e. The summed E-state index contributed by atoms with van der Waals surface area (Å²) >= 11 is 0. The van der Waals surface area contributed by atoms with Crippen molar-refractivity contribution < 1.29 is 13.6 Å². The van der Waals surface area contributed by atoms with Crippen LogP contribution in [-0.4, -0.2) is 19.3 Å². The van der Waals surface area contributed by atoms with Crippen molar-refractivity contribution in [2.24, 2.45) is 4.40 Å². The molecule has 1 aliphatic carbocycles. The summed E-state index contributed by atoms with van der Waals surface area (Å²) in [7, 11) is -3.55. The molecule has 0 saturated heterocycles. The fourth-order valence-electron chi connectivity index (χ4n) is 2.04. The van der Waals surface area contributed by atoms with Crippen LogP contribution in [0.4, 0.5) is 0 Å². The lowest BCUT2D eigenvalue weighted by molar-refractivity contribution is 0.143. The standard InChI is InChI=1S/C10H8N2O3S/c13-11-7-4-5-8-10-6(7)2-1-3-9(10)16(14,15)12-8/h1-5,7,11,13H. The predicted molar refractivity (Wildman–Crippen MR) is 57.0 cm³/mol. The van der Waals surface area contributed by atoms with Crippen molar-refractivity contribution in [3.63, 3.8) is 0 Å². The minimum atomic E-state index is -3.55. The Kier molecular flexibility index (Phi) is 1.82. The van der Waals surface area contributed by atoms with Crippen LogP contribution in [0.3, 0.4) is 0 Å². The Balaban J connectivity index is 2.38. The Morgan fingerprint density at radius 2 is 2.19 bits per heavy atom. The van der Waals surface area contributed by atoms with Crippen LogP contribution in [0.1, 0.15) is 17.2 Å². The maximum Gasteiger partial charge on any atom is 0.283 e. The highest BCUT2D eigenvalue weighted by atomic mass is 32.2. The lowest BCUT2D eigenvalue weighted by Gasteiger charge is -2.18. The zero-order valence-corrected chi connectivity index (χ0v) is 8.90. The number of hydroxylamine groups is 1. The second kappa shape index (κ2) is 3.00. The van der Waals surface area contributed by atoms with Gasteiger partial charge in [-0.25, -0.2) is 0 Å². The molecule has 0 aromatic heterocycles. The molecule has 1 heterocycles. The van der Waals surface area contributed by atoms with Crippen molar-refractivity contribution >= 4 is 15.7 Å². The summed E-state index contributed by atoms with van der Waals surface area (Å²) in [6.45, 7) is 0. The van der Waals surface area contributed by atoms with Crippen LogP contribution >= 0.6 is 0 Å². The molecule has 0 amide bonds. The van der Waals surface area contributed by atoms with Gasteiger partial charge in [-0.05, 0) is 17.7 Å². The molecule has 82 valence electrons. The summed E-state index contributed by atoms with van der Waals surface area (Å²) in [5.74, 6) is 0. The fourth-order valence-corrected chi connectivity index (χ4v) is 3.28. The number of nitrogens with zero attached hydrogens (tertiary/aromatic N) is 1. The number of nitrogens with one attached hydrogen (secondary N) is 1. The molecule has 2 aliphatic rings. The first kappa shape index (κ1) is 9.71. The molecular formula is C10H8N2O3S. The van der Waals surface area contributed by atoms with Crippen LogP contribution in [-0.2, 0) is 10.0 Å². The molecule has 6 heteroatoms. The summed E-state index contributed by atoms with van der Waals surface area (Å²) in [6.07, 6.45) is 3.27. The van der Waals surface area contributed by atoms with Crippen LogP contribution in [0, 0.1) is 0 Å². The average molecular weight is 236 g/mol. The molecule has 1 unspecified atom stereocenters. The normalized spacial score (nSPS) is 24.1. The second-order valence-corrected chi connectivity index (χ2v) is 5.21. The van der Waals surface area contributed by atoms with Crippen molar-refractivity contribution in [2.45, 2.75) is 10.9 Å². The zero-order valence-electron chi connectivity index (χ0n) is 8.08. The Bertz CT molecular complexity index is 631. The SMILES string of the molecule is O=S1(=O)N=C2C=CC(NO)c3cccc1c32. The zero-order chi connectivity index (χ0) is 11.3. The third-order valence-corrected chi connectivity index (χ3v) is 4.06. The van der Waals surface area contributed by atoms with Gasteiger partial charge in [0.2, 0.25) is 0 Å². The number of benzene rings is 1. The highest BCUT2D eigenvalue weighted by Crippen LogP contribution is 2.35. The van der Waals surface area contributed by atoms with E-state index in [9.17, 15) is 8.42 Å². The van der Waals surface area contributed by atoms with Gasteiger partial charge in [-0.1, -0.05) is 18.2 Å². The first-order chi connectivity index (χ1) is 7.63. The molecule has 1 aromatic rings. The molecule has 3 rings (SSSR count). The van der Waals surface area contributed by atoms with E-state index in [4.69, 9.17) is 5.21 Å². The van der Waals surface area contributed by atoms with Gasteiger partial charge in [-0.15, -0.1) is 0 Å². The summed E-state index contributed by atoms with van der Waals surface area (Å²) < 4.78 is 27.1. The number of rotatable bonds is 1. The van der Waals surface area contributed by atoms with Crippen molar-refractivity contribution in [2.75, 3.05) is 0 Å². The summed E-state index contributed by atoms with van der Waals surface area (Å²) in [5.41, 5.74) is 3.89. The first-order valence-corrected chi connectivity index (χ1v) is 6.13. The highest BCUT2D eigenvalue weighted by Gasteiger charge is 2.33. The van der Waals surface area contributed by atoms with Gasteiger partial charge in [0.1, 0.15) is 0 Å².